The number of nitrogens with zero attached hydrogens (tertiary/aromatic N) is 1. The van der Waals surface area contributed by atoms with E-state index in [1.54, 1.807) is 0 Å². The molecule has 0 radical (unpaired) electrons. The van der Waals surface area contributed by atoms with E-state index in [-0.39, 0.29) is 11.8 Å². The zero-order valence-electron chi connectivity index (χ0n) is 25.4. The molecule has 2 aliphatic heterocycles. The maximum absolute atomic E-state index is 12.6. The zero-order valence-corrected chi connectivity index (χ0v) is 26.2. The third-order valence-corrected chi connectivity index (χ3v) is 10.6. The molecule has 3 aliphatic rings. The van der Waals surface area contributed by atoms with Gasteiger partial charge in [-0.15, -0.1) is 11.3 Å². The molecule has 1 N–H and O–H groups in total. The summed E-state index contributed by atoms with van der Waals surface area (Å²) in [5.41, 5.74) is 2.97. The Hall–Kier alpha value is -4.20. The topological polar surface area (TPSA) is 67.9 Å². The number of likely N-dealkylation sites (tertiary alicyclic amines) is 1. The molecule has 2 fully saturated rings. The van der Waals surface area contributed by atoms with E-state index in [0.29, 0.717) is 19.4 Å². The molecule has 45 heavy (non-hydrogen) atoms. The van der Waals surface area contributed by atoms with Crippen LogP contribution in [0.4, 0.5) is 0 Å². The molecule has 3 heterocycles. The number of benzene rings is 3. The molecule has 2 amide bonds. The summed E-state index contributed by atoms with van der Waals surface area (Å²) in [5, 5.41) is 3.79. The van der Waals surface area contributed by atoms with Crippen molar-refractivity contribution in [2.45, 2.75) is 32.1 Å². The Kier molecular flexibility index (Phi) is 8.55. The summed E-state index contributed by atoms with van der Waals surface area (Å²) in [6.45, 7) is 4.58. The monoisotopic (exact) mass is 618 g/mol. The van der Waals surface area contributed by atoms with Crippen molar-refractivity contribution >= 4 is 33.2 Å². The van der Waals surface area contributed by atoms with Crippen LogP contribution in [-0.4, -0.2) is 49.6 Å². The lowest BCUT2D eigenvalue weighted by molar-refractivity contribution is -0.127. The van der Waals surface area contributed by atoms with Crippen molar-refractivity contribution in [2.24, 2.45) is 11.3 Å². The summed E-state index contributed by atoms with van der Waals surface area (Å²) < 4.78 is 13.4. The molecule has 7 rings (SSSR count). The standard InChI is InChI=1S/C38H38N2O4S/c41-36-33-9-3-4-19-38(33,37(42)39-36)20-7-24-43-30-17-13-28(14-18-30)35-32(31-8-1-2-10-34(31)45-35)26-27-11-15-29(16-12-27)44-25-23-40-21-5-6-22-40/h1-4,8-19,33H,5-7,20-26H2,(H,39,41,42). The third-order valence-electron chi connectivity index (χ3n) is 9.30. The fourth-order valence-corrected chi connectivity index (χ4v) is 8.07. The van der Waals surface area contributed by atoms with Gasteiger partial charge in [-0.1, -0.05) is 54.6 Å². The highest BCUT2D eigenvalue weighted by atomic mass is 32.1. The highest BCUT2D eigenvalue weighted by Crippen LogP contribution is 2.43. The van der Waals surface area contributed by atoms with Crippen LogP contribution in [0.25, 0.3) is 20.5 Å². The number of hydrogen-bond acceptors (Lipinski definition) is 6. The lowest BCUT2D eigenvalue weighted by Crippen LogP contribution is -2.34. The largest absolute Gasteiger partial charge is 0.494 e. The predicted octanol–water partition coefficient (Wildman–Crippen LogP) is 7.18. The molecule has 4 aromatic rings. The quantitative estimate of drug-likeness (QED) is 0.135. The van der Waals surface area contributed by atoms with E-state index in [9.17, 15) is 9.59 Å². The number of nitrogens with one attached hydrogen (secondary N) is 1. The number of carbonyl (C=O) groups excluding carboxylic acids is 2. The molecular formula is C38H38N2O4S. The second-order valence-electron chi connectivity index (χ2n) is 12.2. The van der Waals surface area contributed by atoms with Gasteiger partial charge in [-0.3, -0.25) is 19.8 Å². The average molecular weight is 619 g/mol. The van der Waals surface area contributed by atoms with Crippen LogP contribution in [-0.2, 0) is 16.0 Å². The molecule has 1 aromatic heterocycles. The van der Waals surface area contributed by atoms with Crippen LogP contribution in [0, 0.1) is 11.3 Å². The molecule has 1 aliphatic carbocycles. The molecular weight excluding hydrogens is 580 g/mol. The number of amides is 2. The molecule has 2 atom stereocenters. The van der Waals surface area contributed by atoms with Gasteiger partial charge in [-0.25, -0.2) is 0 Å². The van der Waals surface area contributed by atoms with Gasteiger partial charge in [0.2, 0.25) is 11.8 Å². The van der Waals surface area contributed by atoms with Crippen molar-refractivity contribution in [2.75, 3.05) is 32.8 Å². The number of rotatable bonds is 12. The number of allylic oxidation sites excluding steroid dienone is 2. The molecule has 230 valence electrons. The van der Waals surface area contributed by atoms with Crippen molar-refractivity contribution < 1.29 is 19.1 Å². The lowest BCUT2D eigenvalue weighted by atomic mass is 9.71. The number of ether oxygens (including phenoxy) is 2. The molecule has 0 saturated carbocycles. The van der Waals surface area contributed by atoms with Crippen LogP contribution in [0.2, 0.25) is 0 Å². The van der Waals surface area contributed by atoms with E-state index in [4.69, 9.17) is 9.47 Å². The minimum Gasteiger partial charge on any atom is -0.494 e. The average Bonchev–Trinajstić information content (AvgIpc) is 3.78. The van der Waals surface area contributed by atoms with Gasteiger partial charge in [0.05, 0.1) is 17.9 Å². The van der Waals surface area contributed by atoms with Gasteiger partial charge in [0.15, 0.2) is 0 Å². The maximum Gasteiger partial charge on any atom is 0.237 e. The summed E-state index contributed by atoms with van der Waals surface area (Å²) in [4.78, 5) is 28.6. The van der Waals surface area contributed by atoms with E-state index in [1.807, 2.05) is 47.8 Å². The lowest BCUT2D eigenvalue weighted by Gasteiger charge is -2.28. The SMILES string of the molecule is O=C1NC(=O)C2(CCCOc3ccc(-c4sc5ccccc5c4Cc4ccc(OCCN5CCCC5)cc4)cc3)C=CC=CC12. The second kappa shape index (κ2) is 13.0. The van der Waals surface area contributed by atoms with Gasteiger partial charge >= 0.3 is 0 Å². The molecule has 0 spiro atoms. The second-order valence-corrected chi connectivity index (χ2v) is 13.2. The van der Waals surface area contributed by atoms with E-state index < -0.39 is 11.3 Å². The van der Waals surface area contributed by atoms with Crippen molar-refractivity contribution in [1.29, 1.82) is 0 Å². The first-order valence-corrected chi connectivity index (χ1v) is 16.8. The van der Waals surface area contributed by atoms with Crippen LogP contribution in [0.3, 0.4) is 0 Å². The van der Waals surface area contributed by atoms with Gasteiger partial charge in [-0.2, -0.15) is 0 Å². The minimum absolute atomic E-state index is 0.209. The van der Waals surface area contributed by atoms with Gasteiger partial charge in [0, 0.05) is 16.1 Å². The van der Waals surface area contributed by atoms with Crippen LogP contribution in [0.5, 0.6) is 11.5 Å². The Labute approximate surface area is 268 Å². The van der Waals surface area contributed by atoms with Crippen molar-refractivity contribution in [3.63, 3.8) is 0 Å². The fourth-order valence-electron chi connectivity index (χ4n) is 6.85. The van der Waals surface area contributed by atoms with Crippen LogP contribution in [0.15, 0.2) is 97.1 Å². The Balaban J connectivity index is 0.996. The summed E-state index contributed by atoms with van der Waals surface area (Å²) in [7, 11) is 0. The first-order valence-electron chi connectivity index (χ1n) is 16.0. The summed E-state index contributed by atoms with van der Waals surface area (Å²) >= 11 is 1.83. The molecule has 7 heteroatoms. The van der Waals surface area contributed by atoms with Crippen molar-refractivity contribution in [3.05, 3.63) is 108 Å². The zero-order chi connectivity index (χ0) is 30.6. The molecule has 2 saturated heterocycles. The Morgan fingerprint density at radius 3 is 2.40 bits per heavy atom. The van der Waals surface area contributed by atoms with Gasteiger partial charge in [0.1, 0.15) is 18.1 Å². The number of thiophene rings is 1. The summed E-state index contributed by atoms with van der Waals surface area (Å²) in [6, 6.07) is 25.5. The first kappa shape index (κ1) is 29.5. The number of carbonyl (C=O) groups is 2. The van der Waals surface area contributed by atoms with Crippen molar-refractivity contribution in [3.8, 4) is 21.9 Å². The minimum atomic E-state index is -0.794. The number of imide groups is 1. The summed E-state index contributed by atoms with van der Waals surface area (Å²) in [6.07, 6.45) is 12.1. The smallest absolute Gasteiger partial charge is 0.237 e. The van der Waals surface area contributed by atoms with E-state index in [1.165, 1.54) is 57.6 Å². The van der Waals surface area contributed by atoms with E-state index >= 15 is 0 Å². The van der Waals surface area contributed by atoms with Crippen LogP contribution >= 0.6 is 11.3 Å². The summed E-state index contributed by atoms with van der Waals surface area (Å²) in [5.74, 6) is 0.865. The number of hydrogen-bond donors (Lipinski definition) is 1. The molecule has 6 nitrogen and oxygen atoms in total. The van der Waals surface area contributed by atoms with E-state index in [2.05, 4.69) is 70.9 Å². The molecule has 0 bridgehead atoms. The Bertz CT molecular complexity index is 1730. The van der Waals surface area contributed by atoms with E-state index in [0.717, 1.165) is 31.1 Å². The highest BCUT2D eigenvalue weighted by molar-refractivity contribution is 7.22. The highest BCUT2D eigenvalue weighted by Gasteiger charge is 2.52. The van der Waals surface area contributed by atoms with Gasteiger partial charge < -0.3 is 9.47 Å². The van der Waals surface area contributed by atoms with Crippen molar-refractivity contribution in [1.82, 2.24) is 10.2 Å². The van der Waals surface area contributed by atoms with Gasteiger partial charge in [-0.05, 0) is 110 Å². The van der Waals surface area contributed by atoms with Gasteiger partial charge in [0.25, 0.3) is 0 Å². The number of fused-ring (bicyclic) bond motifs is 2. The molecule has 3 aromatic carbocycles. The fraction of sp³-hybridized carbons (Fsp3) is 0.316. The first-order chi connectivity index (χ1) is 22.1. The normalized spacial score (nSPS) is 20.9. The Morgan fingerprint density at radius 2 is 1.60 bits per heavy atom. The van der Waals surface area contributed by atoms with Crippen LogP contribution < -0.4 is 14.8 Å². The Morgan fingerprint density at radius 1 is 0.867 bits per heavy atom. The third kappa shape index (κ3) is 6.20. The van der Waals surface area contributed by atoms with Crippen LogP contribution in [0.1, 0.15) is 36.8 Å². The maximum atomic E-state index is 12.6. The molecule has 2 unspecified atom stereocenters. The predicted molar refractivity (Wildman–Crippen MR) is 180 cm³/mol.